The lowest BCUT2D eigenvalue weighted by molar-refractivity contribution is -0.122. The molecule has 0 saturated heterocycles. The van der Waals surface area contributed by atoms with Crippen molar-refractivity contribution in [2.24, 2.45) is 5.73 Å². The molecule has 1 aliphatic rings. The molecular formula is C24H27N5O3. The van der Waals surface area contributed by atoms with Crippen molar-refractivity contribution in [1.29, 1.82) is 5.41 Å². The molecule has 3 rings (SSSR count). The van der Waals surface area contributed by atoms with Gasteiger partial charge in [-0.15, -0.1) is 0 Å². The maximum Gasteiger partial charge on any atom is 0.256 e. The second kappa shape index (κ2) is 9.47. The van der Waals surface area contributed by atoms with Crippen LogP contribution in [0, 0.1) is 5.41 Å². The Kier molecular flexibility index (Phi) is 6.73. The van der Waals surface area contributed by atoms with E-state index in [-0.39, 0.29) is 24.3 Å². The Morgan fingerprint density at radius 1 is 1.19 bits per heavy atom. The third-order valence-electron chi connectivity index (χ3n) is 5.55. The Morgan fingerprint density at radius 3 is 2.59 bits per heavy atom. The fraction of sp³-hybridized carbons (Fsp3) is 0.250. The molecule has 1 aliphatic heterocycles. The summed E-state index contributed by atoms with van der Waals surface area (Å²) in [5.74, 6) is -0.705. The van der Waals surface area contributed by atoms with Crippen LogP contribution in [0.15, 0.2) is 48.7 Å². The minimum absolute atomic E-state index is 0.183. The number of benzene rings is 2. The van der Waals surface area contributed by atoms with E-state index in [0.29, 0.717) is 34.5 Å². The van der Waals surface area contributed by atoms with Crippen LogP contribution in [-0.2, 0) is 11.3 Å². The monoisotopic (exact) mass is 433 g/mol. The standard InChI is InChI=1S/C24H27N5O3/c1-4-27-22(30)18-7-5-6-16(10-18)14-29-15(2)23(31)28(3)21-11-17(19(12-25)13-26)8-9-20(21)24(29)32/h5-13,15,25H,4,14,26H2,1-3H3,(H,27,30)/b19-13+,25-12?/t15-/m1/s1. The third kappa shape index (κ3) is 4.25. The van der Waals surface area contributed by atoms with Gasteiger partial charge in [0.1, 0.15) is 6.04 Å². The van der Waals surface area contributed by atoms with Crippen LogP contribution in [0.25, 0.3) is 5.57 Å². The van der Waals surface area contributed by atoms with E-state index in [1.807, 2.05) is 13.0 Å². The van der Waals surface area contributed by atoms with Crippen LogP contribution in [0.5, 0.6) is 0 Å². The highest BCUT2D eigenvalue weighted by molar-refractivity contribution is 6.13. The lowest BCUT2D eigenvalue weighted by atomic mass is 10.0. The zero-order chi connectivity index (χ0) is 23.4. The van der Waals surface area contributed by atoms with Crippen LogP contribution in [-0.4, -0.2) is 48.5 Å². The summed E-state index contributed by atoms with van der Waals surface area (Å²) in [7, 11) is 1.63. The van der Waals surface area contributed by atoms with Gasteiger partial charge in [0, 0.05) is 43.7 Å². The highest BCUT2D eigenvalue weighted by atomic mass is 16.2. The number of hydrogen-bond donors (Lipinski definition) is 3. The van der Waals surface area contributed by atoms with Crippen molar-refractivity contribution in [2.45, 2.75) is 26.4 Å². The first-order valence-electron chi connectivity index (χ1n) is 10.3. The van der Waals surface area contributed by atoms with Crippen LogP contribution in [0.2, 0.25) is 0 Å². The van der Waals surface area contributed by atoms with E-state index in [2.05, 4.69) is 5.32 Å². The minimum Gasteiger partial charge on any atom is -0.404 e. The summed E-state index contributed by atoms with van der Waals surface area (Å²) < 4.78 is 0. The van der Waals surface area contributed by atoms with Gasteiger partial charge < -0.3 is 26.3 Å². The molecule has 0 fully saturated rings. The molecule has 4 N–H and O–H groups in total. The zero-order valence-corrected chi connectivity index (χ0v) is 18.4. The first-order valence-corrected chi connectivity index (χ1v) is 10.3. The van der Waals surface area contributed by atoms with Crippen molar-refractivity contribution in [2.75, 3.05) is 18.5 Å². The average molecular weight is 434 g/mol. The molecule has 166 valence electrons. The number of hydrogen-bond acceptors (Lipinski definition) is 5. The molecule has 0 radical (unpaired) electrons. The number of nitrogens with zero attached hydrogens (tertiary/aromatic N) is 2. The number of amides is 3. The summed E-state index contributed by atoms with van der Waals surface area (Å²) in [4.78, 5) is 41.7. The number of nitrogens with one attached hydrogen (secondary N) is 2. The van der Waals surface area contributed by atoms with Gasteiger partial charge in [0.05, 0.1) is 11.3 Å². The third-order valence-corrected chi connectivity index (χ3v) is 5.55. The number of allylic oxidation sites excluding steroid dienone is 1. The predicted octanol–water partition coefficient (Wildman–Crippen LogP) is 2.39. The van der Waals surface area contributed by atoms with Crippen LogP contribution >= 0.6 is 0 Å². The summed E-state index contributed by atoms with van der Waals surface area (Å²) in [6, 6.07) is 11.4. The molecule has 8 heteroatoms. The molecule has 32 heavy (non-hydrogen) atoms. The summed E-state index contributed by atoms with van der Waals surface area (Å²) in [5.41, 5.74) is 8.82. The van der Waals surface area contributed by atoms with Gasteiger partial charge >= 0.3 is 0 Å². The predicted molar refractivity (Wildman–Crippen MR) is 125 cm³/mol. The van der Waals surface area contributed by atoms with E-state index < -0.39 is 6.04 Å². The molecular weight excluding hydrogens is 406 g/mol. The Balaban J connectivity index is 2.00. The molecule has 0 bridgehead atoms. The first-order chi connectivity index (χ1) is 15.3. The molecule has 0 saturated carbocycles. The largest absolute Gasteiger partial charge is 0.404 e. The van der Waals surface area contributed by atoms with Crippen LogP contribution in [0.4, 0.5) is 5.69 Å². The SMILES string of the molecule is CCNC(=O)c1cccc(CN2C(=O)c3ccc(/C(C=N)=C/N)cc3N(C)C(=O)[C@H]2C)c1. The topological polar surface area (TPSA) is 120 Å². The fourth-order valence-electron chi connectivity index (χ4n) is 3.74. The van der Waals surface area contributed by atoms with Gasteiger partial charge in [0.15, 0.2) is 0 Å². The van der Waals surface area contributed by atoms with E-state index >= 15 is 0 Å². The summed E-state index contributed by atoms with van der Waals surface area (Å²) in [6.45, 7) is 4.24. The Hall–Kier alpha value is -3.94. The van der Waals surface area contributed by atoms with Crippen molar-refractivity contribution >= 4 is 35.2 Å². The Labute approximate surface area is 187 Å². The van der Waals surface area contributed by atoms with E-state index in [0.717, 1.165) is 11.8 Å². The Bertz CT molecular complexity index is 1110. The van der Waals surface area contributed by atoms with Gasteiger partial charge in [-0.05, 0) is 49.2 Å². The molecule has 0 aliphatic carbocycles. The van der Waals surface area contributed by atoms with Crippen molar-refractivity contribution in [3.8, 4) is 0 Å². The van der Waals surface area contributed by atoms with Crippen molar-refractivity contribution in [3.63, 3.8) is 0 Å². The van der Waals surface area contributed by atoms with Gasteiger partial charge in [0.25, 0.3) is 11.8 Å². The molecule has 8 nitrogen and oxygen atoms in total. The lowest BCUT2D eigenvalue weighted by Crippen LogP contribution is -2.45. The number of fused-ring (bicyclic) bond motifs is 1. The highest BCUT2D eigenvalue weighted by Gasteiger charge is 2.35. The smallest absolute Gasteiger partial charge is 0.256 e. The first kappa shape index (κ1) is 22.7. The van der Waals surface area contributed by atoms with Crippen molar-refractivity contribution < 1.29 is 14.4 Å². The summed E-state index contributed by atoms with van der Waals surface area (Å²) >= 11 is 0. The maximum absolute atomic E-state index is 13.5. The van der Waals surface area contributed by atoms with Crippen LogP contribution in [0.3, 0.4) is 0 Å². The number of likely N-dealkylation sites (N-methyl/N-ethyl adjacent to an activating group) is 1. The van der Waals surface area contributed by atoms with Gasteiger partial charge in [-0.2, -0.15) is 0 Å². The van der Waals surface area contributed by atoms with Gasteiger partial charge in [-0.25, -0.2) is 0 Å². The summed E-state index contributed by atoms with van der Waals surface area (Å²) in [6.07, 6.45) is 2.43. The molecule has 1 heterocycles. The van der Waals surface area contributed by atoms with E-state index in [4.69, 9.17) is 11.1 Å². The number of carbonyl (C=O) groups is 3. The summed E-state index contributed by atoms with van der Waals surface area (Å²) in [5, 5.41) is 10.3. The van der Waals surface area contributed by atoms with Gasteiger partial charge in [-0.1, -0.05) is 18.2 Å². The molecule has 1 atom stereocenters. The minimum atomic E-state index is -0.705. The molecule has 0 spiro atoms. The van der Waals surface area contributed by atoms with Crippen LogP contribution < -0.4 is 16.0 Å². The quantitative estimate of drug-likeness (QED) is 0.606. The van der Waals surface area contributed by atoms with E-state index in [9.17, 15) is 14.4 Å². The molecule has 2 aromatic rings. The van der Waals surface area contributed by atoms with Crippen molar-refractivity contribution in [1.82, 2.24) is 10.2 Å². The highest BCUT2D eigenvalue weighted by Crippen LogP contribution is 2.31. The number of nitrogens with two attached hydrogens (primary N) is 1. The average Bonchev–Trinajstić information content (AvgIpc) is 2.87. The number of anilines is 1. The molecule has 2 aromatic carbocycles. The van der Waals surface area contributed by atoms with Crippen molar-refractivity contribution in [3.05, 3.63) is 70.9 Å². The van der Waals surface area contributed by atoms with E-state index in [1.165, 1.54) is 16.0 Å². The van der Waals surface area contributed by atoms with Gasteiger partial charge in [-0.3, -0.25) is 14.4 Å². The normalized spacial score (nSPS) is 16.5. The van der Waals surface area contributed by atoms with Gasteiger partial charge in [0.2, 0.25) is 5.91 Å². The molecule has 0 aromatic heterocycles. The van der Waals surface area contributed by atoms with E-state index in [1.54, 1.807) is 50.4 Å². The molecule has 0 unspecified atom stereocenters. The second-order valence-corrected chi connectivity index (χ2v) is 7.56. The van der Waals surface area contributed by atoms with Crippen LogP contribution in [0.1, 0.15) is 45.7 Å². The fourth-order valence-corrected chi connectivity index (χ4v) is 3.74. The second-order valence-electron chi connectivity index (χ2n) is 7.56. The Morgan fingerprint density at radius 2 is 1.94 bits per heavy atom. The molecule has 3 amide bonds. The maximum atomic E-state index is 13.5. The number of carbonyl (C=O) groups excluding carboxylic acids is 3. The zero-order valence-electron chi connectivity index (χ0n) is 18.4. The lowest BCUT2D eigenvalue weighted by Gasteiger charge is -2.27. The number of rotatable bonds is 6.